The minimum absolute atomic E-state index is 0.0304. The maximum absolute atomic E-state index is 14.1. The first-order valence-corrected chi connectivity index (χ1v) is 24.8. The molecule has 0 aliphatic carbocycles. The molecule has 0 radical (unpaired) electrons. The molecule has 0 spiro atoms. The first-order valence-electron chi connectivity index (χ1n) is 22.1. The van der Waals surface area contributed by atoms with Crippen LogP contribution in [0.4, 0.5) is 0 Å². The number of carbonyl (C=O) groups is 8. The van der Waals surface area contributed by atoms with Crippen LogP contribution in [0, 0.1) is 5.92 Å². The lowest BCUT2D eigenvalue weighted by Gasteiger charge is -2.28. The maximum Gasteiger partial charge on any atom is 0.326 e. The number of aliphatic hydroxyl groups is 1. The van der Waals surface area contributed by atoms with Crippen LogP contribution in [0.1, 0.15) is 71.3 Å². The molecular weight excluding hydrogens is 945 g/mol. The first-order chi connectivity index (χ1) is 32.1. The smallest absolute Gasteiger partial charge is 0.326 e. The lowest BCUT2D eigenvalue weighted by atomic mass is 10.0. The number of thiol groups is 2. The number of nitrogens with one attached hydrogen (secondary N) is 7. The van der Waals surface area contributed by atoms with Gasteiger partial charge in [-0.3, -0.25) is 38.6 Å². The highest BCUT2D eigenvalue weighted by molar-refractivity contribution is 7.98. The second-order valence-electron chi connectivity index (χ2n) is 16.4. The second kappa shape index (κ2) is 32.7. The third-order valence-electron chi connectivity index (χ3n) is 10.2. The van der Waals surface area contributed by atoms with Crippen LogP contribution in [-0.4, -0.2) is 160 Å². The van der Waals surface area contributed by atoms with E-state index in [1.54, 1.807) is 13.8 Å². The van der Waals surface area contributed by atoms with E-state index in [2.05, 4.69) is 67.5 Å². The number of guanidine groups is 1. The third kappa shape index (κ3) is 23.3. The highest BCUT2D eigenvalue weighted by Gasteiger charge is 2.35. The number of aromatic hydroxyl groups is 1. The fraction of sp³-hybridized carbons (Fsp3) is 0.643. The van der Waals surface area contributed by atoms with E-state index in [1.807, 2.05) is 6.26 Å². The van der Waals surface area contributed by atoms with Gasteiger partial charge in [0, 0.05) is 24.5 Å². The molecule has 18 N–H and O–H groups in total. The number of carboxylic acid groups (broad SMARTS) is 1. The molecule has 384 valence electrons. The van der Waals surface area contributed by atoms with Crippen LogP contribution in [0.5, 0.6) is 5.75 Å². The van der Waals surface area contributed by atoms with Crippen molar-refractivity contribution in [3.63, 3.8) is 0 Å². The number of nitrogens with two attached hydrogens (primary N) is 4. The predicted octanol–water partition coefficient (Wildman–Crippen LogP) is -3.04. The van der Waals surface area contributed by atoms with Gasteiger partial charge in [-0.15, -0.1) is 0 Å². The van der Waals surface area contributed by atoms with Crippen LogP contribution in [0.2, 0.25) is 0 Å². The van der Waals surface area contributed by atoms with Gasteiger partial charge in [-0.25, -0.2) is 4.79 Å². The standard InChI is InChI=1S/C42H72N12O11S3/c1-22(2)18-29(37(60)53-31(20-66)38(61)51-30(41(64)65)19-24-10-12-25(56)13-11-24)50-36(59)27(8-5-6-15-43)48-35(58)28(9-7-16-47-42(45)46)49-40(63)33(23(3)55)54-39(62)32(21-67)52-34(57)26(44)14-17-68-4/h10-13,22-23,26-33,55-56,66-67H,5-9,14-21,43-44H2,1-4H3,(H,48,58)(H,49,63)(H,50,59)(H,51,61)(H,52,57)(H,53,60)(H,54,62)(H,64,65)(H4,45,46,47)/t23-,26+,27+,28+,29+,30+,31+,32+,33+/m1/s1. The number of thioether (sulfide) groups is 1. The molecule has 1 aromatic carbocycles. The number of nitrogens with zero attached hydrogens (tertiary/aromatic N) is 1. The van der Waals surface area contributed by atoms with Gasteiger partial charge in [0.05, 0.1) is 12.1 Å². The Morgan fingerprint density at radius 1 is 0.662 bits per heavy atom. The van der Waals surface area contributed by atoms with Gasteiger partial charge in [0.2, 0.25) is 41.4 Å². The van der Waals surface area contributed by atoms with Crippen LogP contribution in [0.25, 0.3) is 0 Å². The quantitative estimate of drug-likeness (QED) is 0.0144. The van der Waals surface area contributed by atoms with Crippen LogP contribution in [-0.2, 0) is 44.8 Å². The molecule has 0 aliphatic heterocycles. The van der Waals surface area contributed by atoms with Crippen LogP contribution in [0.15, 0.2) is 29.3 Å². The topological polar surface area (TPSA) is 398 Å². The number of aliphatic imine (C=N–C) groups is 1. The molecule has 0 saturated carbocycles. The highest BCUT2D eigenvalue weighted by atomic mass is 32.2. The average molecular weight is 1020 g/mol. The maximum atomic E-state index is 14.1. The van der Waals surface area contributed by atoms with Gasteiger partial charge in [0.1, 0.15) is 48.0 Å². The third-order valence-corrected chi connectivity index (χ3v) is 11.5. The first kappa shape index (κ1) is 61.0. The van der Waals surface area contributed by atoms with Crippen molar-refractivity contribution in [2.75, 3.05) is 36.6 Å². The van der Waals surface area contributed by atoms with E-state index in [4.69, 9.17) is 22.9 Å². The molecule has 1 aromatic rings. The molecule has 7 amide bonds. The number of aliphatic hydroxyl groups excluding tert-OH is 1. The van der Waals surface area contributed by atoms with Gasteiger partial charge in [0.25, 0.3) is 0 Å². The molecule has 0 heterocycles. The Kier molecular flexibility index (Phi) is 29.3. The van der Waals surface area contributed by atoms with E-state index in [-0.39, 0.29) is 74.3 Å². The fourth-order valence-electron chi connectivity index (χ4n) is 6.36. The van der Waals surface area contributed by atoms with Crippen molar-refractivity contribution in [3.05, 3.63) is 29.8 Å². The monoisotopic (exact) mass is 1020 g/mol. The lowest BCUT2D eigenvalue weighted by molar-refractivity contribution is -0.142. The SMILES string of the molecule is CSCC[C@H](N)C(=O)N[C@@H](CS)C(=O)N[C@H](C(=O)N[C@@H](CCCN=C(N)N)C(=O)N[C@@H](CCCCN)C(=O)N[C@@H](CC(C)C)C(=O)N[C@@H](CS)C(=O)N[C@@H](Cc1ccc(O)cc1)C(=O)O)[C@@H](C)O. The summed E-state index contributed by atoms with van der Waals surface area (Å²) in [5, 5.41) is 47.7. The highest BCUT2D eigenvalue weighted by Crippen LogP contribution is 2.13. The summed E-state index contributed by atoms with van der Waals surface area (Å²) >= 11 is 9.84. The summed E-state index contributed by atoms with van der Waals surface area (Å²) in [6, 6.07) is -4.79. The molecule has 0 aromatic heterocycles. The Hall–Kier alpha value is -5.02. The molecule has 0 bridgehead atoms. The zero-order valence-corrected chi connectivity index (χ0v) is 41.5. The van der Waals surface area contributed by atoms with Crippen molar-refractivity contribution in [1.29, 1.82) is 0 Å². The van der Waals surface area contributed by atoms with Crippen LogP contribution < -0.4 is 60.2 Å². The van der Waals surface area contributed by atoms with E-state index < -0.39 is 102 Å². The molecule has 23 nitrogen and oxygen atoms in total. The van der Waals surface area contributed by atoms with Gasteiger partial charge in [-0.2, -0.15) is 37.0 Å². The van der Waals surface area contributed by atoms with E-state index in [1.165, 1.54) is 43.0 Å². The fourth-order valence-corrected chi connectivity index (χ4v) is 7.36. The number of phenols is 1. The molecule has 0 fully saturated rings. The summed E-state index contributed by atoms with van der Waals surface area (Å²) in [5.41, 5.74) is 23.1. The van der Waals surface area contributed by atoms with Gasteiger partial charge < -0.3 is 75.5 Å². The van der Waals surface area contributed by atoms with Crippen molar-refractivity contribution in [2.45, 2.75) is 127 Å². The zero-order chi connectivity index (χ0) is 51.5. The number of hydrogen-bond donors (Lipinski definition) is 16. The number of carbonyl (C=O) groups excluding carboxylic acids is 7. The second-order valence-corrected chi connectivity index (χ2v) is 18.1. The number of unbranched alkanes of at least 4 members (excludes halogenated alkanes) is 1. The number of amides is 7. The molecule has 26 heteroatoms. The van der Waals surface area contributed by atoms with Crippen molar-refractivity contribution in [1.82, 2.24) is 37.2 Å². The minimum Gasteiger partial charge on any atom is -0.508 e. The van der Waals surface area contributed by atoms with Crippen molar-refractivity contribution in [3.8, 4) is 5.75 Å². The molecule has 68 heavy (non-hydrogen) atoms. The van der Waals surface area contributed by atoms with Gasteiger partial charge in [0.15, 0.2) is 5.96 Å². The molecule has 0 aliphatic rings. The average Bonchev–Trinajstić information content (AvgIpc) is 3.28. The minimum atomic E-state index is -1.64. The molecular formula is C42H72N12O11S3. The largest absolute Gasteiger partial charge is 0.508 e. The Bertz CT molecular complexity index is 1830. The van der Waals surface area contributed by atoms with Gasteiger partial charge >= 0.3 is 5.97 Å². The van der Waals surface area contributed by atoms with Gasteiger partial charge in [-0.05, 0) is 94.0 Å². The van der Waals surface area contributed by atoms with Crippen molar-refractivity contribution >= 4 is 90.3 Å². The number of hydrogen-bond acceptors (Lipinski definition) is 16. The predicted molar refractivity (Wildman–Crippen MR) is 266 cm³/mol. The Morgan fingerprint density at radius 2 is 1.13 bits per heavy atom. The summed E-state index contributed by atoms with van der Waals surface area (Å²) < 4.78 is 0. The molecule has 9 atom stereocenters. The number of carboxylic acids is 1. The Balaban J connectivity index is 3.36. The summed E-state index contributed by atoms with van der Waals surface area (Å²) in [6.45, 7) is 5.09. The van der Waals surface area contributed by atoms with E-state index in [9.17, 15) is 53.7 Å². The summed E-state index contributed by atoms with van der Waals surface area (Å²) in [6.07, 6.45) is 1.46. The van der Waals surface area contributed by atoms with Crippen LogP contribution in [0.3, 0.4) is 0 Å². The Labute approximate surface area is 412 Å². The molecule has 0 unspecified atom stereocenters. The molecule has 0 saturated heterocycles. The molecule has 1 rings (SSSR count). The zero-order valence-electron chi connectivity index (χ0n) is 38.9. The van der Waals surface area contributed by atoms with Crippen LogP contribution >= 0.6 is 37.0 Å². The van der Waals surface area contributed by atoms with Crippen molar-refractivity contribution < 1.29 is 53.7 Å². The van der Waals surface area contributed by atoms with Crippen molar-refractivity contribution in [2.24, 2.45) is 33.8 Å². The summed E-state index contributed by atoms with van der Waals surface area (Å²) in [4.78, 5) is 111. The Morgan fingerprint density at radius 3 is 1.63 bits per heavy atom. The normalized spacial score (nSPS) is 15.1. The summed E-state index contributed by atoms with van der Waals surface area (Å²) in [5.74, 6) is -7.43. The number of rotatable bonds is 33. The number of phenolic OH excluding ortho intramolecular Hbond substituents is 1. The number of aliphatic carboxylic acids is 1. The van der Waals surface area contributed by atoms with Gasteiger partial charge in [-0.1, -0.05) is 26.0 Å². The number of benzene rings is 1. The van der Waals surface area contributed by atoms with E-state index in [0.29, 0.717) is 30.6 Å². The van der Waals surface area contributed by atoms with E-state index >= 15 is 0 Å². The lowest BCUT2D eigenvalue weighted by Crippen LogP contribution is -2.62. The summed E-state index contributed by atoms with van der Waals surface area (Å²) in [7, 11) is 0. The van der Waals surface area contributed by atoms with E-state index in [0.717, 1.165) is 0 Å².